The average molecular weight is 192 g/mol. The molecule has 0 aromatic rings. The smallest absolute Gasteiger partial charge is 0.0216 e. The minimum absolute atomic E-state index is 0.881. The van der Waals surface area contributed by atoms with Crippen molar-refractivity contribution in [3.8, 4) is 11.8 Å². The van der Waals surface area contributed by atoms with Crippen molar-refractivity contribution in [1.82, 2.24) is 4.90 Å². The first-order valence-electron chi connectivity index (χ1n) is 5.71. The fourth-order valence-corrected chi connectivity index (χ4v) is 1.78. The van der Waals surface area contributed by atoms with Crippen molar-refractivity contribution in [2.45, 2.75) is 38.5 Å². The molecule has 0 N–H and O–H groups in total. The molecule has 1 aliphatic carbocycles. The van der Waals surface area contributed by atoms with Gasteiger partial charge in [0.2, 0.25) is 0 Å². The van der Waals surface area contributed by atoms with E-state index in [4.69, 9.17) is 0 Å². The Kier molecular flexibility index (Phi) is 5.71. The Morgan fingerprint density at radius 2 is 1.93 bits per heavy atom. The number of nitrogens with zero attached hydrogens (tertiary/aromatic N) is 1. The highest BCUT2D eigenvalue weighted by Gasteiger charge is 2.11. The first-order chi connectivity index (χ1) is 6.79. The summed E-state index contributed by atoms with van der Waals surface area (Å²) in [4.78, 5) is 2.18. The third-order valence-electron chi connectivity index (χ3n) is 2.76. The Balaban J connectivity index is 2.05. The molecule has 1 radical (unpaired) electrons. The molecule has 1 nitrogen and oxygen atoms in total. The van der Waals surface area contributed by atoms with Gasteiger partial charge < -0.3 is 4.90 Å². The minimum atomic E-state index is 0.881. The normalized spacial score (nSPS) is 17.9. The van der Waals surface area contributed by atoms with Crippen LogP contribution in [0.2, 0.25) is 0 Å². The zero-order chi connectivity index (χ0) is 10.2. The predicted molar refractivity (Wildman–Crippen MR) is 61.8 cm³/mol. The highest BCUT2D eigenvalue weighted by Crippen LogP contribution is 2.24. The molecular weight excluding hydrogens is 170 g/mol. The van der Waals surface area contributed by atoms with Crippen molar-refractivity contribution in [1.29, 1.82) is 0 Å². The highest BCUT2D eigenvalue weighted by molar-refractivity contribution is 5.01. The molecular formula is C13H22N. The van der Waals surface area contributed by atoms with Crippen LogP contribution in [0, 0.1) is 24.2 Å². The van der Waals surface area contributed by atoms with Crippen molar-refractivity contribution < 1.29 is 0 Å². The maximum atomic E-state index is 3.32. The van der Waals surface area contributed by atoms with E-state index >= 15 is 0 Å². The lowest BCUT2D eigenvalue weighted by Gasteiger charge is -2.18. The summed E-state index contributed by atoms with van der Waals surface area (Å²) in [7, 11) is 4.19. The maximum Gasteiger partial charge on any atom is 0.0216 e. The van der Waals surface area contributed by atoms with E-state index in [1.807, 2.05) is 0 Å². The molecule has 1 fully saturated rings. The molecule has 0 saturated heterocycles. The van der Waals surface area contributed by atoms with E-state index in [0.717, 1.165) is 25.3 Å². The number of hydrogen-bond donors (Lipinski definition) is 0. The van der Waals surface area contributed by atoms with Gasteiger partial charge in [0, 0.05) is 19.4 Å². The van der Waals surface area contributed by atoms with Gasteiger partial charge in [-0.15, -0.1) is 11.8 Å². The van der Waals surface area contributed by atoms with Crippen LogP contribution in [0.3, 0.4) is 0 Å². The molecule has 0 bridgehead atoms. The zero-order valence-corrected chi connectivity index (χ0v) is 9.55. The maximum absolute atomic E-state index is 3.32. The molecule has 0 atom stereocenters. The summed E-state index contributed by atoms with van der Waals surface area (Å²) >= 11 is 0. The highest BCUT2D eigenvalue weighted by atomic mass is 15.0. The Morgan fingerprint density at radius 3 is 2.57 bits per heavy atom. The topological polar surface area (TPSA) is 3.24 Å². The molecule has 0 aromatic carbocycles. The van der Waals surface area contributed by atoms with Crippen LogP contribution >= 0.6 is 0 Å². The molecule has 0 spiro atoms. The second kappa shape index (κ2) is 6.90. The average Bonchev–Trinajstić information content (AvgIpc) is 2.18. The molecule has 0 heterocycles. The van der Waals surface area contributed by atoms with Crippen LogP contribution in [0.5, 0.6) is 0 Å². The molecule has 1 heteroatoms. The Morgan fingerprint density at radius 1 is 1.21 bits per heavy atom. The first kappa shape index (κ1) is 11.6. The van der Waals surface area contributed by atoms with Crippen LogP contribution < -0.4 is 0 Å². The first-order valence-corrected chi connectivity index (χ1v) is 5.71. The van der Waals surface area contributed by atoms with Gasteiger partial charge in [-0.05, 0) is 52.1 Å². The standard InChI is InChI=1S/C13H22N/c1-14(2)12-8-4-7-11-13-9-5-3-6-10-13/h3,13H,5-6,8-12H2,1-2H3. The Bertz CT molecular complexity index is 191. The van der Waals surface area contributed by atoms with Gasteiger partial charge in [0.05, 0.1) is 0 Å². The van der Waals surface area contributed by atoms with Crippen LogP contribution in [0.25, 0.3) is 0 Å². The molecule has 0 aromatic heterocycles. The van der Waals surface area contributed by atoms with Crippen molar-refractivity contribution in [3.63, 3.8) is 0 Å². The fourth-order valence-electron chi connectivity index (χ4n) is 1.78. The Hall–Kier alpha value is -0.480. The zero-order valence-electron chi connectivity index (χ0n) is 9.55. The van der Waals surface area contributed by atoms with Crippen molar-refractivity contribution in [2.75, 3.05) is 20.6 Å². The van der Waals surface area contributed by atoms with Gasteiger partial charge in [-0.1, -0.05) is 0 Å². The van der Waals surface area contributed by atoms with Crippen LogP contribution in [-0.4, -0.2) is 25.5 Å². The van der Waals surface area contributed by atoms with Crippen LogP contribution in [0.1, 0.15) is 38.5 Å². The number of hydrogen-bond acceptors (Lipinski definition) is 1. The van der Waals surface area contributed by atoms with Crippen molar-refractivity contribution in [2.24, 2.45) is 5.92 Å². The van der Waals surface area contributed by atoms with Crippen LogP contribution in [0.15, 0.2) is 0 Å². The molecule has 1 aliphatic rings. The fraction of sp³-hybridized carbons (Fsp3) is 0.769. The van der Waals surface area contributed by atoms with Crippen molar-refractivity contribution in [3.05, 3.63) is 6.42 Å². The number of rotatable bonds is 3. The third-order valence-corrected chi connectivity index (χ3v) is 2.76. The van der Waals surface area contributed by atoms with E-state index in [9.17, 15) is 0 Å². The minimum Gasteiger partial charge on any atom is -0.308 e. The molecule has 14 heavy (non-hydrogen) atoms. The van der Waals surface area contributed by atoms with Gasteiger partial charge >= 0.3 is 0 Å². The summed E-state index contributed by atoms with van der Waals surface area (Å²) in [5, 5.41) is 0. The molecule has 79 valence electrons. The summed E-state index contributed by atoms with van der Waals surface area (Å²) in [5.41, 5.74) is 0. The monoisotopic (exact) mass is 192 g/mol. The van der Waals surface area contributed by atoms with E-state index < -0.39 is 0 Å². The van der Waals surface area contributed by atoms with Crippen LogP contribution in [-0.2, 0) is 0 Å². The third kappa shape index (κ3) is 5.29. The van der Waals surface area contributed by atoms with Gasteiger partial charge in [-0.3, -0.25) is 0 Å². The lowest BCUT2D eigenvalue weighted by molar-refractivity contribution is 0.412. The lowest BCUT2D eigenvalue weighted by Crippen LogP contribution is -2.12. The summed E-state index contributed by atoms with van der Waals surface area (Å²) in [5.74, 6) is 7.46. The van der Waals surface area contributed by atoms with Gasteiger partial charge in [0.25, 0.3) is 0 Å². The summed E-state index contributed by atoms with van der Waals surface area (Å²) in [6, 6.07) is 0. The van der Waals surface area contributed by atoms with E-state index in [-0.39, 0.29) is 0 Å². The SMILES string of the molecule is CN(C)CCC#CCC1CC[CH]CC1. The lowest BCUT2D eigenvalue weighted by atomic mass is 9.87. The van der Waals surface area contributed by atoms with E-state index in [1.54, 1.807) is 0 Å². The van der Waals surface area contributed by atoms with E-state index in [2.05, 4.69) is 37.3 Å². The summed E-state index contributed by atoms with van der Waals surface area (Å²) in [6.45, 7) is 1.09. The molecule has 0 amide bonds. The van der Waals surface area contributed by atoms with E-state index in [0.29, 0.717) is 0 Å². The molecule has 0 aliphatic heterocycles. The van der Waals surface area contributed by atoms with E-state index in [1.165, 1.54) is 25.7 Å². The molecule has 1 rings (SSSR count). The second-order valence-electron chi connectivity index (χ2n) is 4.42. The van der Waals surface area contributed by atoms with Gasteiger partial charge in [-0.25, -0.2) is 0 Å². The van der Waals surface area contributed by atoms with Crippen LogP contribution in [0.4, 0.5) is 0 Å². The quantitative estimate of drug-likeness (QED) is 0.621. The second-order valence-corrected chi connectivity index (χ2v) is 4.42. The van der Waals surface area contributed by atoms with Crippen molar-refractivity contribution >= 4 is 0 Å². The van der Waals surface area contributed by atoms with Gasteiger partial charge in [0.15, 0.2) is 0 Å². The predicted octanol–water partition coefficient (Wildman–Crippen LogP) is 2.73. The molecule has 0 unspecified atom stereocenters. The van der Waals surface area contributed by atoms with Gasteiger partial charge in [0.1, 0.15) is 0 Å². The largest absolute Gasteiger partial charge is 0.308 e. The molecule has 1 saturated carbocycles. The Labute approximate surface area is 88.9 Å². The summed E-state index contributed by atoms with van der Waals surface area (Å²) < 4.78 is 0. The summed E-state index contributed by atoms with van der Waals surface area (Å²) in [6.07, 6.45) is 9.90. The van der Waals surface area contributed by atoms with Gasteiger partial charge in [-0.2, -0.15) is 0 Å².